The molecule has 1 aromatic heterocycles. The number of carbonyl (C=O) groups is 1. The van der Waals surface area contributed by atoms with Crippen LogP contribution in [0.1, 0.15) is 0 Å². The SMILES string of the molecule is COc1ccc2oc(=O)c(-c3ccc(OCC(=O)NCCN4CCOCC4)cc3)cc2c1. The molecule has 0 atom stereocenters. The summed E-state index contributed by atoms with van der Waals surface area (Å²) in [5.74, 6) is 1.06. The van der Waals surface area contributed by atoms with Crippen molar-refractivity contribution in [2.75, 3.05) is 53.1 Å². The van der Waals surface area contributed by atoms with Gasteiger partial charge in [-0.1, -0.05) is 12.1 Å². The van der Waals surface area contributed by atoms with Crippen molar-refractivity contribution in [1.29, 1.82) is 0 Å². The van der Waals surface area contributed by atoms with Crippen LogP contribution in [0.4, 0.5) is 0 Å². The monoisotopic (exact) mass is 438 g/mol. The van der Waals surface area contributed by atoms with Gasteiger partial charge >= 0.3 is 5.63 Å². The lowest BCUT2D eigenvalue weighted by atomic mass is 10.1. The van der Waals surface area contributed by atoms with Gasteiger partial charge in [0, 0.05) is 31.6 Å². The van der Waals surface area contributed by atoms with Crippen LogP contribution in [-0.4, -0.2) is 63.9 Å². The number of hydrogen-bond donors (Lipinski definition) is 1. The van der Waals surface area contributed by atoms with Crippen molar-refractivity contribution in [1.82, 2.24) is 10.2 Å². The topological polar surface area (TPSA) is 90.2 Å². The summed E-state index contributed by atoms with van der Waals surface area (Å²) in [6.45, 7) is 4.56. The number of rotatable bonds is 8. The van der Waals surface area contributed by atoms with Gasteiger partial charge in [-0.2, -0.15) is 0 Å². The highest BCUT2D eigenvalue weighted by Crippen LogP contribution is 2.25. The third kappa shape index (κ3) is 5.46. The molecule has 0 unspecified atom stereocenters. The third-order valence-corrected chi connectivity index (χ3v) is 5.33. The van der Waals surface area contributed by atoms with Crippen LogP contribution in [-0.2, 0) is 9.53 Å². The first kappa shape index (κ1) is 21.9. The number of morpholine rings is 1. The van der Waals surface area contributed by atoms with Gasteiger partial charge in [0.05, 0.1) is 25.9 Å². The highest BCUT2D eigenvalue weighted by atomic mass is 16.5. The minimum absolute atomic E-state index is 0.0691. The van der Waals surface area contributed by atoms with E-state index in [4.69, 9.17) is 18.6 Å². The molecule has 0 radical (unpaired) electrons. The molecule has 0 aliphatic carbocycles. The molecule has 32 heavy (non-hydrogen) atoms. The fraction of sp³-hybridized carbons (Fsp3) is 0.333. The number of nitrogens with one attached hydrogen (secondary N) is 1. The maximum absolute atomic E-state index is 12.4. The summed E-state index contributed by atoms with van der Waals surface area (Å²) >= 11 is 0. The Hall–Kier alpha value is -3.36. The molecule has 4 rings (SSSR count). The van der Waals surface area contributed by atoms with E-state index in [1.165, 1.54) is 0 Å². The van der Waals surface area contributed by atoms with Gasteiger partial charge in [-0.25, -0.2) is 4.79 Å². The van der Waals surface area contributed by atoms with Gasteiger partial charge in [-0.15, -0.1) is 0 Å². The van der Waals surface area contributed by atoms with E-state index in [2.05, 4.69) is 10.2 Å². The Balaban J connectivity index is 1.33. The highest BCUT2D eigenvalue weighted by Gasteiger charge is 2.11. The predicted octanol–water partition coefficient (Wildman–Crippen LogP) is 2.30. The Labute approximate surface area is 185 Å². The molecule has 0 spiro atoms. The van der Waals surface area contributed by atoms with E-state index in [0.29, 0.717) is 34.8 Å². The molecule has 1 aliphatic heterocycles. The normalized spacial score (nSPS) is 14.3. The first-order valence-electron chi connectivity index (χ1n) is 10.5. The zero-order chi connectivity index (χ0) is 22.3. The number of amides is 1. The molecule has 1 N–H and O–H groups in total. The Morgan fingerprint density at radius 1 is 1.06 bits per heavy atom. The van der Waals surface area contributed by atoms with Crippen molar-refractivity contribution in [3.05, 3.63) is 59.0 Å². The first-order chi connectivity index (χ1) is 15.6. The predicted molar refractivity (Wildman–Crippen MR) is 120 cm³/mol. The second-order valence-corrected chi connectivity index (χ2v) is 7.47. The van der Waals surface area contributed by atoms with Crippen molar-refractivity contribution in [3.63, 3.8) is 0 Å². The summed E-state index contributed by atoms with van der Waals surface area (Å²) in [4.78, 5) is 26.7. The summed E-state index contributed by atoms with van der Waals surface area (Å²) in [7, 11) is 1.59. The van der Waals surface area contributed by atoms with Gasteiger partial charge in [0.1, 0.15) is 17.1 Å². The van der Waals surface area contributed by atoms with E-state index in [1.807, 2.05) is 6.07 Å². The molecule has 3 aromatic rings. The molecule has 0 saturated carbocycles. The molecular formula is C24H26N2O6. The van der Waals surface area contributed by atoms with Crippen molar-refractivity contribution in [2.24, 2.45) is 0 Å². The average molecular weight is 438 g/mol. The second kappa shape index (κ2) is 10.3. The summed E-state index contributed by atoms with van der Waals surface area (Å²) in [6, 6.07) is 14.0. The standard InChI is InChI=1S/C24H26N2O6/c1-29-20-6-7-22-18(14-20)15-21(24(28)32-22)17-2-4-19(5-3-17)31-16-23(27)25-8-9-26-10-12-30-13-11-26/h2-7,14-15H,8-13,16H2,1H3,(H,25,27). The molecule has 2 aromatic carbocycles. The smallest absolute Gasteiger partial charge is 0.344 e. The highest BCUT2D eigenvalue weighted by molar-refractivity contribution is 5.83. The van der Waals surface area contributed by atoms with Gasteiger partial charge in [0.15, 0.2) is 6.61 Å². The quantitative estimate of drug-likeness (QED) is 0.540. The van der Waals surface area contributed by atoms with E-state index < -0.39 is 5.63 Å². The fourth-order valence-corrected chi connectivity index (χ4v) is 3.54. The molecule has 1 aliphatic rings. The van der Waals surface area contributed by atoms with Crippen LogP contribution in [0.2, 0.25) is 0 Å². The largest absolute Gasteiger partial charge is 0.497 e. The lowest BCUT2D eigenvalue weighted by Crippen LogP contribution is -2.42. The number of methoxy groups -OCH3 is 1. The molecule has 1 saturated heterocycles. The number of nitrogens with zero attached hydrogens (tertiary/aromatic N) is 1. The average Bonchev–Trinajstić information content (AvgIpc) is 2.83. The van der Waals surface area contributed by atoms with E-state index in [0.717, 1.165) is 38.2 Å². The van der Waals surface area contributed by atoms with Gasteiger partial charge in [0.2, 0.25) is 0 Å². The molecule has 1 fully saturated rings. The van der Waals surface area contributed by atoms with E-state index >= 15 is 0 Å². The minimum Gasteiger partial charge on any atom is -0.497 e. The summed E-state index contributed by atoms with van der Waals surface area (Å²) in [6.07, 6.45) is 0. The Kier molecular flexibility index (Phi) is 7.03. The Morgan fingerprint density at radius 3 is 2.56 bits per heavy atom. The number of fused-ring (bicyclic) bond motifs is 1. The van der Waals surface area contributed by atoms with Crippen LogP contribution in [0, 0.1) is 0 Å². The molecule has 2 heterocycles. The van der Waals surface area contributed by atoms with Crippen molar-refractivity contribution >= 4 is 16.9 Å². The number of benzene rings is 2. The van der Waals surface area contributed by atoms with Gasteiger partial charge in [0.25, 0.3) is 5.91 Å². The Bertz CT molecular complexity index is 1120. The lowest BCUT2D eigenvalue weighted by Gasteiger charge is -2.26. The van der Waals surface area contributed by atoms with Crippen LogP contribution in [0.25, 0.3) is 22.1 Å². The number of carbonyl (C=O) groups excluding carboxylic acids is 1. The molecule has 1 amide bonds. The zero-order valence-electron chi connectivity index (χ0n) is 18.0. The maximum Gasteiger partial charge on any atom is 0.344 e. The van der Waals surface area contributed by atoms with Crippen LogP contribution in [0.5, 0.6) is 11.5 Å². The number of hydrogen-bond acceptors (Lipinski definition) is 7. The molecule has 0 bridgehead atoms. The van der Waals surface area contributed by atoms with Crippen molar-refractivity contribution in [3.8, 4) is 22.6 Å². The van der Waals surface area contributed by atoms with Gasteiger partial charge in [-0.05, 0) is 42.0 Å². The lowest BCUT2D eigenvalue weighted by molar-refractivity contribution is -0.123. The minimum atomic E-state index is -0.420. The fourth-order valence-electron chi connectivity index (χ4n) is 3.54. The first-order valence-corrected chi connectivity index (χ1v) is 10.5. The second-order valence-electron chi connectivity index (χ2n) is 7.47. The van der Waals surface area contributed by atoms with Crippen LogP contribution >= 0.6 is 0 Å². The van der Waals surface area contributed by atoms with Crippen LogP contribution in [0.3, 0.4) is 0 Å². The maximum atomic E-state index is 12.4. The third-order valence-electron chi connectivity index (χ3n) is 5.33. The summed E-state index contributed by atoms with van der Waals surface area (Å²) < 4.78 is 21.5. The van der Waals surface area contributed by atoms with E-state index in [9.17, 15) is 9.59 Å². The molecular weight excluding hydrogens is 412 g/mol. The molecule has 168 valence electrons. The van der Waals surface area contributed by atoms with Crippen LogP contribution < -0.4 is 20.4 Å². The van der Waals surface area contributed by atoms with Gasteiger partial charge in [-0.3, -0.25) is 9.69 Å². The van der Waals surface area contributed by atoms with Gasteiger partial charge < -0.3 is 23.9 Å². The summed E-state index contributed by atoms with van der Waals surface area (Å²) in [5.41, 5.74) is 1.22. The zero-order valence-corrected chi connectivity index (χ0v) is 18.0. The van der Waals surface area contributed by atoms with Crippen molar-refractivity contribution in [2.45, 2.75) is 0 Å². The number of ether oxygens (including phenoxy) is 3. The van der Waals surface area contributed by atoms with Crippen molar-refractivity contribution < 1.29 is 23.4 Å². The van der Waals surface area contributed by atoms with Crippen LogP contribution in [0.15, 0.2) is 57.7 Å². The Morgan fingerprint density at radius 2 is 1.81 bits per heavy atom. The van der Waals surface area contributed by atoms with E-state index in [-0.39, 0.29) is 12.5 Å². The van der Waals surface area contributed by atoms with E-state index in [1.54, 1.807) is 49.6 Å². The molecule has 8 heteroatoms. The molecule has 8 nitrogen and oxygen atoms in total. The summed E-state index contributed by atoms with van der Waals surface area (Å²) in [5, 5.41) is 3.63.